The van der Waals surface area contributed by atoms with E-state index in [1.165, 1.54) is 6.20 Å². The Balaban J connectivity index is 2.18. The first-order chi connectivity index (χ1) is 8.70. The first-order valence-electron chi connectivity index (χ1n) is 5.43. The lowest BCUT2D eigenvalue weighted by atomic mass is 10.3. The lowest BCUT2D eigenvalue weighted by Gasteiger charge is -2.09. The topological polar surface area (TPSA) is 64.1 Å². The highest BCUT2D eigenvalue weighted by Crippen LogP contribution is 2.23. The van der Waals surface area contributed by atoms with Crippen LogP contribution in [0.4, 0.5) is 5.69 Å². The Kier molecular flexibility index (Phi) is 3.52. The summed E-state index contributed by atoms with van der Waals surface area (Å²) in [6, 6.07) is 7.19. The van der Waals surface area contributed by atoms with Crippen molar-refractivity contribution in [3.8, 4) is 5.75 Å². The molecule has 92 valence electrons. The quantitative estimate of drug-likeness (QED) is 0.896. The lowest BCUT2D eigenvalue weighted by Crippen LogP contribution is -2.14. The first kappa shape index (κ1) is 12.0. The molecule has 1 heterocycles. The summed E-state index contributed by atoms with van der Waals surface area (Å²) in [7, 11) is 1.55. The number of hydrogen-bond donors (Lipinski definition) is 1. The number of para-hydroxylation sites is 2. The predicted octanol–water partition coefficient (Wildman–Crippen LogP) is 2.05. The molecule has 1 aromatic carbocycles. The number of benzene rings is 1. The Morgan fingerprint density at radius 3 is 2.67 bits per heavy atom. The van der Waals surface area contributed by atoms with Crippen LogP contribution in [0, 0.1) is 6.92 Å². The van der Waals surface area contributed by atoms with Gasteiger partial charge < -0.3 is 10.1 Å². The van der Waals surface area contributed by atoms with Gasteiger partial charge in [-0.05, 0) is 19.1 Å². The minimum atomic E-state index is -0.313. The van der Waals surface area contributed by atoms with Crippen LogP contribution in [-0.4, -0.2) is 23.0 Å². The molecule has 0 radical (unpaired) electrons. The molecule has 0 saturated carbocycles. The van der Waals surface area contributed by atoms with Gasteiger partial charge in [-0.2, -0.15) is 0 Å². The number of carbonyl (C=O) groups excluding carboxylic acids is 1. The van der Waals surface area contributed by atoms with Crippen molar-refractivity contribution in [3.63, 3.8) is 0 Å². The van der Waals surface area contributed by atoms with E-state index < -0.39 is 0 Å². The molecule has 18 heavy (non-hydrogen) atoms. The van der Waals surface area contributed by atoms with Gasteiger partial charge in [-0.15, -0.1) is 0 Å². The second-order valence-corrected chi connectivity index (χ2v) is 3.70. The highest BCUT2D eigenvalue weighted by atomic mass is 16.5. The van der Waals surface area contributed by atoms with E-state index in [1.54, 1.807) is 25.4 Å². The largest absolute Gasteiger partial charge is 0.495 e. The van der Waals surface area contributed by atoms with Crippen molar-refractivity contribution in [2.24, 2.45) is 0 Å². The molecule has 0 spiro atoms. The number of anilines is 1. The van der Waals surface area contributed by atoms with Crippen LogP contribution < -0.4 is 10.1 Å². The van der Waals surface area contributed by atoms with Gasteiger partial charge in [-0.1, -0.05) is 12.1 Å². The Hall–Kier alpha value is -2.43. The minimum absolute atomic E-state index is 0.270. The van der Waals surface area contributed by atoms with E-state index in [-0.39, 0.29) is 11.6 Å². The third kappa shape index (κ3) is 2.63. The van der Waals surface area contributed by atoms with Gasteiger partial charge in [-0.3, -0.25) is 9.78 Å². The number of carbonyl (C=O) groups is 1. The van der Waals surface area contributed by atoms with Crippen molar-refractivity contribution in [1.82, 2.24) is 9.97 Å². The second-order valence-electron chi connectivity index (χ2n) is 3.70. The summed E-state index contributed by atoms with van der Waals surface area (Å²) in [4.78, 5) is 20.0. The summed E-state index contributed by atoms with van der Waals surface area (Å²) >= 11 is 0. The van der Waals surface area contributed by atoms with Crippen LogP contribution in [0.5, 0.6) is 5.75 Å². The van der Waals surface area contributed by atoms with Gasteiger partial charge in [-0.25, -0.2) is 4.98 Å². The molecule has 5 heteroatoms. The molecular weight excluding hydrogens is 230 g/mol. The number of rotatable bonds is 3. The predicted molar refractivity (Wildman–Crippen MR) is 67.7 cm³/mol. The molecule has 0 aliphatic rings. The number of ether oxygens (including phenoxy) is 1. The number of amides is 1. The fourth-order valence-corrected chi connectivity index (χ4v) is 1.44. The van der Waals surface area contributed by atoms with Crippen molar-refractivity contribution in [2.45, 2.75) is 6.92 Å². The maximum absolute atomic E-state index is 11.9. The number of nitrogens with zero attached hydrogens (tertiary/aromatic N) is 2. The molecule has 0 unspecified atom stereocenters. The average Bonchev–Trinajstić information content (AvgIpc) is 2.40. The Labute approximate surface area is 105 Å². The smallest absolute Gasteiger partial charge is 0.275 e. The van der Waals surface area contributed by atoms with Crippen LogP contribution in [0.3, 0.4) is 0 Å². The van der Waals surface area contributed by atoms with E-state index in [0.717, 1.165) is 5.69 Å². The number of hydrogen-bond acceptors (Lipinski definition) is 4. The third-order valence-corrected chi connectivity index (χ3v) is 2.37. The van der Waals surface area contributed by atoms with Crippen molar-refractivity contribution in [1.29, 1.82) is 0 Å². The number of aromatic nitrogens is 2. The van der Waals surface area contributed by atoms with E-state index >= 15 is 0 Å². The summed E-state index contributed by atoms with van der Waals surface area (Å²) in [5.74, 6) is 0.290. The van der Waals surface area contributed by atoms with E-state index in [1.807, 2.05) is 19.1 Å². The van der Waals surface area contributed by atoms with Crippen LogP contribution in [0.1, 0.15) is 16.2 Å². The monoisotopic (exact) mass is 243 g/mol. The van der Waals surface area contributed by atoms with E-state index in [9.17, 15) is 4.79 Å². The molecule has 2 aromatic rings. The molecule has 2 rings (SSSR count). The Morgan fingerprint density at radius 2 is 2.00 bits per heavy atom. The van der Waals surface area contributed by atoms with Gasteiger partial charge in [0.2, 0.25) is 0 Å². The van der Waals surface area contributed by atoms with Crippen LogP contribution in [-0.2, 0) is 0 Å². The zero-order valence-corrected chi connectivity index (χ0v) is 10.2. The fourth-order valence-electron chi connectivity index (χ4n) is 1.44. The maximum Gasteiger partial charge on any atom is 0.275 e. The molecule has 5 nitrogen and oxygen atoms in total. The summed E-state index contributed by atoms with van der Waals surface area (Å²) in [5.41, 5.74) is 1.64. The van der Waals surface area contributed by atoms with Gasteiger partial charge >= 0.3 is 0 Å². The van der Waals surface area contributed by atoms with Gasteiger partial charge in [0.1, 0.15) is 11.4 Å². The van der Waals surface area contributed by atoms with Crippen molar-refractivity contribution in [2.75, 3.05) is 12.4 Å². The van der Waals surface area contributed by atoms with Gasteiger partial charge in [0.15, 0.2) is 0 Å². The summed E-state index contributed by atoms with van der Waals surface area (Å²) in [6.45, 7) is 1.81. The molecule has 1 amide bonds. The summed E-state index contributed by atoms with van der Waals surface area (Å²) in [5, 5.41) is 2.73. The van der Waals surface area contributed by atoms with Crippen LogP contribution in [0.25, 0.3) is 0 Å². The molecule has 0 bridgehead atoms. The van der Waals surface area contributed by atoms with Gasteiger partial charge in [0.25, 0.3) is 5.91 Å². The second kappa shape index (κ2) is 5.27. The van der Waals surface area contributed by atoms with Crippen LogP contribution in [0.15, 0.2) is 36.7 Å². The van der Waals surface area contributed by atoms with Crippen molar-refractivity contribution < 1.29 is 9.53 Å². The van der Waals surface area contributed by atoms with Crippen molar-refractivity contribution >= 4 is 11.6 Å². The van der Waals surface area contributed by atoms with Gasteiger partial charge in [0.05, 0.1) is 24.7 Å². The number of nitrogens with one attached hydrogen (secondary N) is 1. The van der Waals surface area contributed by atoms with Crippen molar-refractivity contribution in [3.05, 3.63) is 48.0 Å². The first-order valence-corrected chi connectivity index (χ1v) is 5.43. The third-order valence-electron chi connectivity index (χ3n) is 2.37. The summed E-state index contributed by atoms with van der Waals surface area (Å²) < 4.78 is 5.15. The van der Waals surface area contributed by atoms with E-state index in [4.69, 9.17) is 4.74 Å². The molecule has 0 fully saturated rings. The number of aryl methyl sites for hydroxylation is 1. The molecule has 0 saturated heterocycles. The zero-order chi connectivity index (χ0) is 13.0. The molecule has 0 aliphatic heterocycles. The highest BCUT2D eigenvalue weighted by Gasteiger charge is 2.10. The van der Waals surface area contributed by atoms with Crippen LogP contribution >= 0.6 is 0 Å². The fraction of sp³-hybridized carbons (Fsp3) is 0.154. The molecule has 0 aliphatic carbocycles. The highest BCUT2D eigenvalue weighted by molar-refractivity contribution is 6.03. The normalized spacial score (nSPS) is 9.89. The van der Waals surface area contributed by atoms with Crippen LogP contribution in [0.2, 0.25) is 0 Å². The Bertz CT molecular complexity index is 552. The molecule has 1 N–H and O–H groups in total. The zero-order valence-electron chi connectivity index (χ0n) is 10.2. The minimum Gasteiger partial charge on any atom is -0.495 e. The molecule has 0 atom stereocenters. The van der Waals surface area contributed by atoms with Gasteiger partial charge in [0, 0.05) is 6.20 Å². The maximum atomic E-state index is 11.9. The SMILES string of the molecule is COc1ccccc1NC(=O)c1cnc(C)cn1. The van der Waals surface area contributed by atoms with E-state index in [2.05, 4.69) is 15.3 Å². The molecule has 1 aromatic heterocycles. The lowest BCUT2D eigenvalue weighted by molar-refractivity contribution is 0.102. The summed E-state index contributed by atoms with van der Waals surface area (Å²) in [6.07, 6.45) is 3.00. The molecular formula is C13H13N3O2. The standard InChI is InChI=1S/C13H13N3O2/c1-9-7-15-11(8-14-9)13(17)16-10-5-3-4-6-12(10)18-2/h3-8H,1-2H3,(H,16,17). The Morgan fingerprint density at radius 1 is 1.22 bits per heavy atom. The average molecular weight is 243 g/mol. The van der Waals surface area contributed by atoms with E-state index in [0.29, 0.717) is 11.4 Å². The number of methoxy groups -OCH3 is 1.